The van der Waals surface area contributed by atoms with Gasteiger partial charge in [-0.1, -0.05) is 6.92 Å². The molecule has 0 unspecified atom stereocenters. The van der Waals surface area contributed by atoms with Crippen LogP contribution in [0.3, 0.4) is 0 Å². The molecule has 2 nitrogen and oxygen atoms in total. The summed E-state index contributed by atoms with van der Waals surface area (Å²) in [6.45, 7) is 1.90. The summed E-state index contributed by atoms with van der Waals surface area (Å²) in [6.07, 6.45) is 1.95. The molecule has 1 radical (unpaired) electrons. The van der Waals surface area contributed by atoms with Crippen molar-refractivity contribution in [3.05, 3.63) is 6.42 Å². The van der Waals surface area contributed by atoms with Gasteiger partial charge in [0, 0.05) is 0 Å². The number of sulfone groups is 1. The molecule has 0 N–H and O–H groups in total. The molecule has 0 amide bonds. The largest absolute Gasteiger partial charge is 0.229 e. The Morgan fingerprint density at radius 2 is 2.00 bits per heavy atom. The first-order valence-electron chi connectivity index (χ1n) is 2.64. The summed E-state index contributed by atoms with van der Waals surface area (Å²) in [5.74, 6) is 1.10. The molecule has 0 bridgehead atoms. The fourth-order valence-corrected chi connectivity index (χ4v) is 2.39. The van der Waals surface area contributed by atoms with E-state index in [0.29, 0.717) is 17.4 Å². The Hall–Kier alpha value is -0.0500. The highest BCUT2D eigenvalue weighted by Crippen LogP contribution is 2.19. The highest BCUT2D eigenvalue weighted by Gasteiger charge is 2.31. The summed E-state index contributed by atoms with van der Waals surface area (Å²) in [4.78, 5) is 0. The van der Waals surface area contributed by atoms with E-state index in [2.05, 4.69) is 0 Å². The number of rotatable bonds is 1. The van der Waals surface area contributed by atoms with Gasteiger partial charge in [0.05, 0.1) is 11.5 Å². The molecule has 0 aromatic carbocycles. The molecule has 3 heteroatoms. The molecule has 8 heavy (non-hydrogen) atoms. The Bertz CT molecular complexity index is 157. The standard InChI is InChI=1S/C5H9O2S/c1-2-5-3-8(6,7)4-5/h2,5H,3-4H2,1H3. The van der Waals surface area contributed by atoms with Crippen LogP contribution in [-0.2, 0) is 9.84 Å². The van der Waals surface area contributed by atoms with Crippen molar-refractivity contribution < 1.29 is 8.42 Å². The molecular formula is C5H9O2S. The predicted molar refractivity (Wildman–Crippen MR) is 32.1 cm³/mol. The molecular weight excluding hydrogens is 124 g/mol. The van der Waals surface area contributed by atoms with Crippen LogP contribution >= 0.6 is 0 Å². The smallest absolute Gasteiger partial charge is 0.150 e. The number of hydrogen-bond acceptors (Lipinski definition) is 2. The van der Waals surface area contributed by atoms with Crippen molar-refractivity contribution >= 4 is 9.84 Å². The minimum atomic E-state index is -2.57. The van der Waals surface area contributed by atoms with Gasteiger partial charge in [-0.3, -0.25) is 0 Å². The highest BCUT2D eigenvalue weighted by molar-refractivity contribution is 7.92. The van der Waals surface area contributed by atoms with Crippen LogP contribution in [0.25, 0.3) is 0 Å². The fourth-order valence-electron chi connectivity index (χ4n) is 0.796. The second kappa shape index (κ2) is 1.72. The first-order chi connectivity index (χ1) is 3.64. The van der Waals surface area contributed by atoms with Crippen LogP contribution in [-0.4, -0.2) is 19.9 Å². The van der Waals surface area contributed by atoms with Crippen LogP contribution in [0.4, 0.5) is 0 Å². The summed E-state index contributed by atoms with van der Waals surface area (Å²) in [6, 6.07) is 0. The van der Waals surface area contributed by atoms with Crippen LogP contribution in [0.15, 0.2) is 0 Å². The molecule has 0 aromatic heterocycles. The van der Waals surface area contributed by atoms with Crippen molar-refractivity contribution in [2.45, 2.75) is 6.92 Å². The maximum absolute atomic E-state index is 10.4. The van der Waals surface area contributed by atoms with Crippen molar-refractivity contribution in [2.24, 2.45) is 5.92 Å². The Kier molecular flexibility index (Phi) is 1.31. The third-order valence-electron chi connectivity index (χ3n) is 1.41. The third kappa shape index (κ3) is 1.02. The molecule has 1 fully saturated rings. The van der Waals surface area contributed by atoms with E-state index >= 15 is 0 Å². The molecule has 0 aliphatic carbocycles. The summed E-state index contributed by atoms with van der Waals surface area (Å²) >= 11 is 0. The van der Waals surface area contributed by atoms with Crippen molar-refractivity contribution in [3.63, 3.8) is 0 Å². The zero-order chi connectivity index (χ0) is 6.20. The second-order valence-electron chi connectivity index (χ2n) is 2.17. The van der Waals surface area contributed by atoms with E-state index in [0.717, 1.165) is 0 Å². The quantitative estimate of drug-likeness (QED) is 0.514. The average molecular weight is 133 g/mol. The van der Waals surface area contributed by atoms with Gasteiger partial charge in [0.25, 0.3) is 0 Å². The first kappa shape index (κ1) is 6.08. The number of hydrogen-bond donors (Lipinski definition) is 0. The first-order valence-corrected chi connectivity index (χ1v) is 4.46. The molecule has 1 saturated heterocycles. The lowest BCUT2D eigenvalue weighted by Gasteiger charge is -2.23. The molecule has 1 aliphatic rings. The average Bonchev–Trinajstić information content (AvgIpc) is 1.60. The van der Waals surface area contributed by atoms with Crippen molar-refractivity contribution in [1.82, 2.24) is 0 Å². The van der Waals surface area contributed by atoms with Gasteiger partial charge in [-0.05, 0) is 12.3 Å². The van der Waals surface area contributed by atoms with E-state index in [1.165, 1.54) is 0 Å². The normalized spacial score (nSPS) is 27.1. The van der Waals surface area contributed by atoms with Crippen LogP contribution in [0.5, 0.6) is 0 Å². The predicted octanol–water partition coefficient (Wildman–Crippen LogP) is 0.255. The second-order valence-corrected chi connectivity index (χ2v) is 4.32. The van der Waals surface area contributed by atoms with E-state index in [9.17, 15) is 8.42 Å². The SMILES string of the molecule is C[CH]C1CS(=O)(=O)C1. The Labute approximate surface area is 49.8 Å². The molecule has 1 aliphatic heterocycles. The van der Waals surface area contributed by atoms with Gasteiger partial charge in [-0.2, -0.15) is 0 Å². The Morgan fingerprint density at radius 1 is 1.50 bits per heavy atom. The third-order valence-corrected chi connectivity index (χ3v) is 3.28. The molecule has 1 heterocycles. The topological polar surface area (TPSA) is 34.1 Å². The minimum Gasteiger partial charge on any atom is -0.229 e. The van der Waals surface area contributed by atoms with Crippen LogP contribution in [0.2, 0.25) is 0 Å². The summed E-state index contributed by atoms with van der Waals surface area (Å²) in [5.41, 5.74) is 0. The van der Waals surface area contributed by atoms with E-state index < -0.39 is 9.84 Å². The van der Waals surface area contributed by atoms with Gasteiger partial charge in [0.1, 0.15) is 0 Å². The van der Waals surface area contributed by atoms with Gasteiger partial charge in [0.2, 0.25) is 0 Å². The van der Waals surface area contributed by atoms with Gasteiger partial charge < -0.3 is 0 Å². The molecule has 47 valence electrons. The lowest BCUT2D eigenvalue weighted by atomic mass is 10.1. The van der Waals surface area contributed by atoms with Crippen LogP contribution in [0.1, 0.15) is 6.92 Å². The van der Waals surface area contributed by atoms with Crippen molar-refractivity contribution in [2.75, 3.05) is 11.5 Å². The van der Waals surface area contributed by atoms with E-state index in [1.807, 2.05) is 13.3 Å². The van der Waals surface area contributed by atoms with E-state index in [1.54, 1.807) is 0 Å². The van der Waals surface area contributed by atoms with E-state index in [-0.39, 0.29) is 0 Å². The van der Waals surface area contributed by atoms with Crippen molar-refractivity contribution in [1.29, 1.82) is 0 Å². The van der Waals surface area contributed by atoms with Gasteiger partial charge >= 0.3 is 0 Å². The zero-order valence-electron chi connectivity index (χ0n) is 4.79. The van der Waals surface area contributed by atoms with E-state index in [4.69, 9.17) is 0 Å². The van der Waals surface area contributed by atoms with Gasteiger partial charge in [-0.25, -0.2) is 8.42 Å². The monoisotopic (exact) mass is 133 g/mol. The zero-order valence-corrected chi connectivity index (χ0v) is 5.61. The lowest BCUT2D eigenvalue weighted by Crippen LogP contribution is -2.35. The highest BCUT2D eigenvalue weighted by atomic mass is 32.2. The summed E-state index contributed by atoms with van der Waals surface area (Å²) in [7, 11) is -2.57. The van der Waals surface area contributed by atoms with Gasteiger partial charge in [-0.15, -0.1) is 0 Å². The maximum atomic E-state index is 10.4. The molecule has 0 saturated carbocycles. The summed E-state index contributed by atoms with van der Waals surface area (Å²) in [5, 5.41) is 0. The van der Waals surface area contributed by atoms with Crippen molar-refractivity contribution in [3.8, 4) is 0 Å². The molecule has 0 aromatic rings. The molecule has 0 spiro atoms. The Morgan fingerprint density at radius 3 is 2.12 bits per heavy atom. The molecule has 0 atom stereocenters. The van der Waals surface area contributed by atoms with Crippen LogP contribution in [0, 0.1) is 12.3 Å². The van der Waals surface area contributed by atoms with Crippen LogP contribution < -0.4 is 0 Å². The fraction of sp³-hybridized carbons (Fsp3) is 0.800. The van der Waals surface area contributed by atoms with Gasteiger partial charge in [0.15, 0.2) is 9.84 Å². The minimum absolute atomic E-state index is 0.347. The summed E-state index contributed by atoms with van der Waals surface area (Å²) < 4.78 is 20.9. The lowest BCUT2D eigenvalue weighted by molar-refractivity contribution is 0.548. The molecule has 1 rings (SSSR count). The Balaban J connectivity index is 2.43. The maximum Gasteiger partial charge on any atom is 0.150 e.